The van der Waals surface area contributed by atoms with E-state index in [2.05, 4.69) is 6.92 Å². The molecule has 0 N–H and O–H groups in total. The Morgan fingerprint density at radius 1 is 1.00 bits per heavy atom. The zero-order valence-electron chi connectivity index (χ0n) is 9.03. The minimum absolute atomic E-state index is 0.000394. The minimum Gasteiger partial charge on any atom is -0.171 e. The summed E-state index contributed by atoms with van der Waals surface area (Å²) in [7, 11) is 0. The number of halogens is 3. The summed E-state index contributed by atoms with van der Waals surface area (Å²) in [5.74, 6) is 0.718. The summed E-state index contributed by atoms with van der Waals surface area (Å²) in [5, 5.41) is 0. The molecule has 2 unspecified atom stereocenters. The van der Waals surface area contributed by atoms with Crippen LogP contribution in [-0.2, 0) is 0 Å². The van der Waals surface area contributed by atoms with E-state index >= 15 is 0 Å². The van der Waals surface area contributed by atoms with Crippen LogP contribution in [0.5, 0.6) is 0 Å². The van der Waals surface area contributed by atoms with E-state index in [0.717, 1.165) is 19.3 Å². The third-order valence-electron chi connectivity index (χ3n) is 4.95. The molecule has 0 heterocycles. The first-order valence-electron chi connectivity index (χ1n) is 5.89. The van der Waals surface area contributed by atoms with Crippen molar-refractivity contribution in [3.8, 4) is 0 Å². The van der Waals surface area contributed by atoms with Crippen molar-refractivity contribution in [3.05, 3.63) is 0 Å². The molecule has 0 saturated heterocycles. The molecule has 4 fully saturated rings. The van der Waals surface area contributed by atoms with Crippen molar-refractivity contribution < 1.29 is 13.2 Å². The van der Waals surface area contributed by atoms with Crippen molar-refractivity contribution in [3.63, 3.8) is 0 Å². The lowest BCUT2D eigenvalue weighted by molar-refractivity contribution is -0.285. The van der Waals surface area contributed by atoms with Gasteiger partial charge in [0, 0.05) is 0 Å². The van der Waals surface area contributed by atoms with Crippen LogP contribution in [0.1, 0.15) is 45.4 Å². The molecule has 0 spiro atoms. The first kappa shape index (κ1) is 9.98. The molecule has 0 aromatic rings. The smallest absolute Gasteiger partial charge is 0.171 e. The molecule has 0 aliphatic heterocycles. The van der Waals surface area contributed by atoms with Gasteiger partial charge in [-0.1, -0.05) is 6.92 Å². The second-order valence-corrected chi connectivity index (χ2v) is 6.55. The third-order valence-corrected chi connectivity index (χ3v) is 4.95. The fourth-order valence-corrected chi connectivity index (χ4v) is 5.05. The zero-order chi connectivity index (χ0) is 10.9. The molecule has 0 radical (unpaired) electrons. The molecular formula is C12H17F3. The molecule has 4 bridgehead atoms. The van der Waals surface area contributed by atoms with Crippen molar-refractivity contribution in [1.82, 2.24) is 0 Å². The third kappa shape index (κ3) is 1.27. The number of hydrogen-bond acceptors (Lipinski definition) is 0. The molecule has 4 rings (SSSR count). The van der Waals surface area contributed by atoms with Crippen LogP contribution in [-0.4, -0.2) is 6.18 Å². The number of hydrogen-bond donors (Lipinski definition) is 0. The van der Waals surface area contributed by atoms with Crippen molar-refractivity contribution in [2.24, 2.45) is 22.7 Å². The predicted octanol–water partition coefficient (Wildman–Crippen LogP) is 4.16. The van der Waals surface area contributed by atoms with E-state index in [9.17, 15) is 13.2 Å². The van der Waals surface area contributed by atoms with Crippen LogP contribution in [0.2, 0.25) is 0 Å². The van der Waals surface area contributed by atoms with Gasteiger partial charge in [0.25, 0.3) is 0 Å². The van der Waals surface area contributed by atoms with Crippen LogP contribution in [0.15, 0.2) is 0 Å². The van der Waals surface area contributed by atoms with Gasteiger partial charge in [-0.05, 0) is 55.8 Å². The Labute approximate surface area is 88.2 Å². The van der Waals surface area contributed by atoms with Crippen molar-refractivity contribution in [1.29, 1.82) is 0 Å². The summed E-state index contributed by atoms with van der Waals surface area (Å²) in [4.78, 5) is 0. The second kappa shape index (κ2) is 2.54. The Bertz CT molecular complexity index is 278. The minimum atomic E-state index is -3.97. The van der Waals surface area contributed by atoms with Crippen LogP contribution in [0.25, 0.3) is 0 Å². The maximum absolute atomic E-state index is 13.2. The van der Waals surface area contributed by atoms with Gasteiger partial charge in [-0.15, -0.1) is 0 Å². The Balaban J connectivity index is 2.00. The van der Waals surface area contributed by atoms with E-state index < -0.39 is 11.6 Å². The summed E-state index contributed by atoms with van der Waals surface area (Å²) in [5.41, 5.74) is -1.30. The molecule has 0 nitrogen and oxygen atoms in total. The lowest BCUT2D eigenvalue weighted by atomic mass is 9.44. The van der Waals surface area contributed by atoms with E-state index in [1.807, 2.05) is 0 Å². The lowest BCUT2D eigenvalue weighted by Crippen LogP contribution is -2.56. The lowest BCUT2D eigenvalue weighted by Gasteiger charge is -2.61. The maximum Gasteiger partial charge on any atom is 0.394 e. The Kier molecular flexibility index (Phi) is 1.69. The van der Waals surface area contributed by atoms with Crippen LogP contribution < -0.4 is 0 Å². The first-order valence-corrected chi connectivity index (χ1v) is 5.89. The molecule has 86 valence electrons. The van der Waals surface area contributed by atoms with Gasteiger partial charge in [0.1, 0.15) is 0 Å². The van der Waals surface area contributed by atoms with E-state index in [1.54, 1.807) is 0 Å². The molecule has 15 heavy (non-hydrogen) atoms. The predicted molar refractivity (Wildman–Crippen MR) is 51.3 cm³/mol. The molecule has 4 aliphatic carbocycles. The fraction of sp³-hybridized carbons (Fsp3) is 1.00. The van der Waals surface area contributed by atoms with Crippen molar-refractivity contribution in [2.45, 2.75) is 51.6 Å². The van der Waals surface area contributed by atoms with Gasteiger partial charge in [-0.2, -0.15) is 13.2 Å². The standard InChI is InChI=1S/C12H17F3/c1-10-3-8-2-9(4-10)6-11(5-8,7-10)12(13,14)15/h8-9H,2-7H2,1H3. The highest BCUT2D eigenvalue weighted by Gasteiger charge is 2.65. The number of alkyl halides is 3. The summed E-state index contributed by atoms with van der Waals surface area (Å²) in [6.45, 7) is 2.07. The molecule has 4 aliphatic rings. The first-order chi connectivity index (χ1) is 6.82. The molecular weight excluding hydrogens is 201 g/mol. The molecule has 3 heteroatoms. The van der Waals surface area contributed by atoms with Crippen LogP contribution >= 0.6 is 0 Å². The summed E-state index contributed by atoms with van der Waals surface area (Å²) < 4.78 is 39.5. The van der Waals surface area contributed by atoms with Gasteiger partial charge in [-0.3, -0.25) is 0 Å². The fourth-order valence-electron chi connectivity index (χ4n) is 5.05. The molecule has 0 aromatic heterocycles. The van der Waals surface area contributed by atoms with Gasteiger partial charge in [0.05, 0.1) is 5.41 Å². The Hall–Kier alpha value is -0.210. The van der Waals surface area contributed by atoms with Crippen molar-refractivity contribution in [2.75, 3.05) is 0 Å². The molecule has 4 saturated carbocycles. The SMILES string of the molecule is CC12CC3CC(C1)CC(C(F)(F)F)(C3)C2. The quantitative estimate of drug-likeness (QED) is 0.572. The average Bonchev–Trinajstić information content (AvgIpc) is 1.95. The van der Waals surface area contributed by atoms with Gasteiger partial charge < -0.3 is 0 Å². The molecule has 2 atom stereocenters. The highest BCUT2D eigenvalue weighted by atomic mass is 19.4. The monoisotopic (exact) mass is 218 g/mol. The Morgan fingerprint density at radius 2 is 1.53 bits per heavy atom. The maximum atomic E-state index is 13.2. The largest absolute Gasteiger partial charge is 0.394 e. The molecule has 0 aromatic carbocycles. The van der Waals surface area contributed by atoms with E-state index in [-0.39, 0.29) is 5.41 Å². The van der Waals surface area contributed by atoms with Crippen LogP contribution in [0.4, 0.5) is 13.2 Å². The van der Waals surface area contributed by atoms with E-state index in [4.69, 9.17) is 0 Å². The topological polar surface area (TPSA) is 0 Å². The van der Waals surface area contributed by atoms with Crippen molar-refractivity contribution >= 4 is 0 Å². The highest BCUT2D eigenvalue weighted by molar-refractivity contribution is 5.08. The highest BCUT2D eigenvalue weighted by Crippen LogP contribution is 2.69. The summed E-state index contributed by atoms with van der Waals surface area (Å²) in [6.07, 6.45) is 0.420. The average molecular weight is 218 g/mol. The normalized spacial score (nSPS) is 53.6. The van der Waals surface area contributed by atoms with Gasteiger partial charge in [0.15, 0.2) is 0 Å². The number of rotatable bonds is 0. The van der Waals surface area contributed by atoms with E-state index in [0.29, 0.717) is 31.1 Å². The second-order valence-electron chi connectivity index (χ2n) is 6.55. The van der Waals surface area contributed by atoms with Gasteiger partial charge >= 0.3 is 6.18 Å². The van der Waals surface area contributed by atoms with Crippen LogP contribution in [0, 0.1) is 22.7 Å². The van der Waals surface area contributed by atoms with Gasteiger partial charge in [-0.25, -0.2) is 0 Å². The summed E-state index contributed by atoms with van der Waals surface area (Å²) in [6, 6.07) is 0. The summed E-state index contributed by atoms with van der Waals surface area (Å²) >= 11 is 0. The van der Waals surface area contributed by atoms with Crippen LogP contribution in [0.3, 0.4) is 0 Å². The zero-order valence-corrected chi connectivity index (χ0v) is 9.03. The molecule has 0 amide bonds. The van der Waals surface area contributed by atoms with Gasteiger partial charge in [0.2, 0.25) is 0 Å². The van der Waals surface area contributed by atoms with E-state index in [1.165, 1.54) is 0 Å². The Morgan fingerprint density at radius 3 is 1.93 bits per heavy atom.